The monoisotopic (exact) mass is 445 g/mol. The van der Waals surface area contributed by atoms with Gasteiger partial charge in [0.05, 0.1) is 32.2 Å². The van der Waals surface area contributed by atoms with Crippen molar-refractivity contribution in [1.82, 2.24) is 9.66 Å². The van der Waals surface area contributed by atoms with Gasteiger partial charge in [0.2, 0.25) is 5.75 Å². The summed E-state index contributed by atoms with van der Waals surface area (Å²) >= 11 is 0. The number of hydrogen-bond donors (Lipinski definition) is 1. The Morgan fingerprint density at radius 2 is 1.61 bits per heavy atom. The average Bonchev–Trinajstić information content (AvgIpc) is 2.84. The van der Waals surface area contributed by atoms with Crippen molar-refractivity contribution in [2.24, 2.45) is 0 Å². The minimum absolute atomic E-state index is 0.221. The van der Waals surface area contributed by atoms with E-state index in [0.717, 1.165) is 10.2 Å². The minimum Gasteiger partial charge on any atom is -0.493 e. The summed E-state index contributed by atoms with van der Waals surface area (Å²) < 4.78 is 17.5. The Kier molecular flexibility index (Phi) is 5.99. The van der Waals surface area contributed by atoms with Crippen LogP contribution in [-0.2, 0) is 0 Å². The Morgan fingerprint density at radius 3 is 2.24 bits per heavy atom. The normalized spacial score (nSPS) is 10.7. The SMILES string of the molecule is COc1cc(-c2nc3ccccc3c(=O)n2NC(=O)c2cccc(C)c2)cc(OC)c1OC. The van der Waals surface area contributed by atoms with Gasteiger partial charge < -0.3 is 14.2 Å². The van der Waals surface area contributed by atoms with Crippen LogP contribution in [0.25, 0.3) is 22.3 Å². The second-order valence-corrected chi connectivity index (χ2v) is 7.32. The van der Waals surface area contributed by atoms with E-state index in [9.17, 15) is 9.59 Å². The predicted octanol–water partition coefficient (Wildman–Crippen LogP) is 3.78. The summed E-state index contributed by atoms with van der Waals surface area (Å²) in [4.78, 5) is 31.1. The molecule has 4 aromatic rings. The number of rotatable bonds is 6. The molecule has 0 aliphatic heterocycles. The van der Waals surface area contributed by atoms with Crippen molar-refractivity contribution in [1.29, 1.82) is 0 Å². The summed E-state index contributed by atoms with van der Waals surface area (Å²) in [6, 6.07) is 17.4. The van der Waals surface area contributed by atoms with Gasteiger partial charge in [0.15, 0.2) is 17.3 Å². The third-order valence-corrected chi connectivity index (χ3v) is 5.19. The lowest BCUT2D eigenvalue weighted by molar-refractivity contribution is 0.101. The minimum atomic E-state index is -0.438. The van der Waals surface area contributed by atoms with E-state index in [2.05, 4.69) is 10.4 Å². The van der Waals surface area contributed by atoms with E-state index < -0.39 is 11.5 Å². The third kappa shape index (κ3) is 4.10. The number of nitrogens with one attached hydrogen (secondary N) is 1. The fourth-order valence-corrected chi connectivity index (χ4v) is 3.59. The van der Waals surface area contributed by atoms with Crippen LogP contribution in [-0.4, -0.2) is 36.9 Å². The molecule has 0 spiro atoms. The van der Waals surface area contributed by atoms with Crippen LogP contribution < -0.4 is 25.2 Å². The zero-order chi connectivity index (χ0) is 23.5. The Labute approximate surface area is 190 Å². The maximum Gasteiger partial charge on any atom is 0.280 e. The number of hydrogen-bond acceptors (Lipinski definition) is 6. The highest BCUT2D eigenvalue weighted by Gasteiger charge is 2.20. The van der Waals surface area contributed by atoms with Gasteiger partial charge in [-0.25, -0.2) is 4.98 Å². The predicted molar refractivity (Wildman–Crippen MR) is 126 cm³/mol. The van der Waals surface area contributed by atoms with Crippen LogP contribution >= 0.6 is 0 Å². The summed E-state index contributed by atoms with van der Waals surface area (Å²) in [6.07, 6.45) is 0. The fraction of sp³-hybridized carbons (Fsp3) is 0.160. The fourth-order valence-electron chi connectivity index (χ4n) is 3.59. The van der Waals surface area contributed by atoms with Gasteiger partial charge in [-0.05, 0) is 43.3 Å². The number of carbonyl (C=O) groups excluding carboxylic acids is 1. The molecule has 1 heterocycles. The largest absolute Gasteiger partial charge is 0.493 e. The molecule has 0 atom stereocenters. The van der Waals surface area contributed by atoms with Crippen molar-refractivity contribution in [2.75, 3.05) is 26.8 Å². The molecule has 0 saturated heterocycles. The smallest absolute Gasteiger partial charge is 0.280 e. The molecule has 0 unspecified atom stereocenters. The summed E-state index contributed by atoms with van der Waals surface area (Å²) in [5, 5.41) is 0.373. The van der Waals surface area contributed by atoms with E-state index in [-0.39, 0.29) is 5.82 Å². The third-order valence-electron chi connectivity index (χ3n) is 5.19. The van der Waals surface area contributed by atoms with Crippen LogP contribution in [0, 0.1) is 6.92 Å². The molecule has 0 bridgehead atoms. The van der Waals surface area contributed by atoms with Gasteiger partial charge in [0, 0.05) is 11.1 Å². The van der Waals surface area contributed by atoms with Gasteiger partial charge in [0.1, 0.15) is 0 Å². The zero-order valence-electron chi connectivity index (χ0n) is 18.7. The lowest BCUT2D eigenvalue weighted by Crippen LogP contribution is -2.35. The van der Waals surface area contributed by atoms with E-state index in [1.807, 2.05) is 13.0 Å². The Balaban J connectivity index is 1.95. The summed E-state index contributed by atoms with van der Waals surface area (Å²) in [7, 11) is 4.51. The molecular formula is C25H23N3O5. The number of fused-ring (bicyclic) bond motifs is 1. The number of ether oxygens (including phenoxy) is 3. The molecular weight excluding hydrogens is 422 g/mol. The molecule has 1 aromatic heterocycles. The highest BCUT2D eigenvalue weighted by molar-refractivity contribution is 6.00. The molecule has 1 N–H and O–H groups in total. The van der Waals surface area contributed by atoms with Crippen LogP contribution in [0.5, 0.6) is 17.2 Å². The number of aromatic nitrogens is 2. The molecule has 8 heteroatoms. The molecule has 0 radical (unpaired) electrons. The van der Waals surface area contributed by atoms with Crippen molar-refractivity contribution < 1.29 is 19.0 Å². The first-order valence-electron chi connectivity index (χ1n) is 10.2. The molecule has 0 aliphatic carbocycles. The quantitative estimate of drug-likeness (QED) is 0.486. The van der Waals surface area contributed by atoms with Crippen LogP contribution in [0.3, 0.4) is 0 Å². The van der Waals surface area contributed by atoms with E-state index in [1.54, 1.807) is 54.6 Å². The first-order chi connectivity index (χ1) is 16.0. The van der Waals surface area contributed by atoms with E-state index in [0.29, 0.717) is 39.3 Å². The Hall–Kier alpha value is -4.33. The van der Waals surface area contributed by atoms with Gasteiger partial charge in [-0.1, -0.05) is 29.8 Å². The van der Waals surface area contributed by atoms with Crippen LogP contribution in [0.1, 0.15) is 15.9 Å². The topological polar surface area (TPSA) is 91.7 Å². The maximum absolute atomic E-state index is 13.4. The van der Waals surface area contributed by atoms with E-state index in [4.69, 9.17) is 14.2 Å². The van der Waals surface area contributed by atoms with Crippen molar-refractivity contribution in [3.8, 4) is 28.6 Å². The first-order valence-corrected chi connectivity index (χ1v) is 10.2. The zero-order valence-corrected chi connectivity index (χ0v) is 18.7. The summed E-state index contributed by atoms with van der Waals surface area (Å²) in [6.45, 7) is 1.89. The van der Waals surface area contributed by atoms with Crippen LogP contribution in [0.15, 0.2) is 65.5 Å². The lowest BCUT2D eigenvalue weighted by atomic mass is 10.1. The van der Waals surface area contributed by atoms with Crippen molar-refractivity contribution in [2.45, 2.75) is 6.92 Å². The van der Waals surface area contributed by atoms with E-state index in [1.165, 1.54) is 21.3 Å². The summed E-state index contributed by atoms with van der Waals surface area (Å²) in [5.41, 5.74) is 4.63. The number of methoxy groups -OCH3 is 3. The Bertz CT molecular complexity index is 1390. The number of carbonyl (C=O) groups is 1. The molecule has 168 valence electrons. The van der Waals surface area contributed by atoms with Crippen molar-refractivity contribution in [3.63, 3.8) is 0 Å². The highest BCUT2D eigenvalue weighted by atomic mass is 16.5. The number of benzene rings is 3. The van der Waals surface area contributed by atoms with Gasteiger partial charge in [-0.3, -0.25) is 15.0 Å². The standard InChI is InChI=1S/C25H23N3O5/c1-15-8-7-9-16(12-15)24(29)27-28-23(26-19-11-6-5-10-18(19)25(28)30)17-13-20(31-2)22(33-4)21(14-17)32-3/h5-14H,1-4H3,(H,27,29). The molecule has 0 aliphatic rings. The number of aryl methyl sites for hydroxylation is 1. The average molecular weight is 445 g/mol. The Morgan fingerprint density at radius 1 is 0.909 bits per heavy atom. The lowest BCUT2D eigenvalue weighted by Gasteiger charge is -2.17. The van der Waals surface area contributed by atoms with Crippen molar-refractivity contribution in [3.05, 3.63) is 82.1 Å². The van der Waals surface area contributed by atoms with Crippen LogP contribution in [0.2, 0.25) is 0 Å². The van der Waals surface area contributed by atoms with Crippen molar-refractivity contribution >= 4 is 16.8 Å². The van der Waals surface area contributed by atoms with Gasteiger partial charge in [-0.2, -0.15) is 4.68 Å². The van der Waals surface area contributed by atoms with Gasteiger partial charge >= 0.3 is 0 Å². The number of para-hydroxylation sites is 1. The van der Waals surface area contributed by atoms with Gasteiger partial charge in [-0.15, -0.1) is 0 Å². The molecule has 8 nitrogen and oxygen atoms in total. The number of nitrogens with zero attached hydrogens (tertiary/aromatic N) is 2. The highest BCUT2D eigenvalue weighted by Crippen LogP contribution is 2.40. The molecule has 33 heavy (non-hydrogen) atoms. The van der Waals surface area contributed by atoms with E-state index >= 15 is 0 Å². The van der Waals surface area contributed by atoms with Crippen LogP contribution in [0.4, 0.5) is 0 Å². The summed E-state index contributed by atoms with van der Waals surface area (Å²) in [5.74, 6) is 0.976. The molecule has 1 amide bonds. The molecule has 3 aromatic carbocycles. The second-order valence-electron chi connectivity index (χ2n) is 7.32. The number of amides is 1. The first kappa shape index (κ1) is 21.9. The molecule has 4 rings (SSSR count). The molecule has 0 saturated carbocycles. The van der Waals surface area contributed by atoms with Gasteiger partial charge in [0.25, 0.3) is 11.5 Å². The second kappa shape index (κ2) is 9.04. The molecule has 0 fully saturated rings. The maximum atomic E-state index is 13.4.